The van der Waals surface area contributed by atoms with Gasteiger partial charge in [0.1, 0.15) is 0 Å². The van der Waals surface area contributed by atoms with Crippen LogP contribution < -0.4 is 11.2 Å². The molecule has 0 saturated carbocycles. The summed E-state index contributed by atoms with van der Waals surface area (Å²) in [6, 6.07) is 0. The van der Waals surface area contributed by atoms with Gasteiger partial charge in [-0.05, 0) is 31.6 Å². The molecule has 0 aliphatic heterocycles. The summed E-state index contributed by atoms with van der Waals surface area (Å²) in [6.07, 6.45) is 5.07. The number of hydrogen-bond acceptors (Lipinski definition) is 6. The first-order valence-corrected chi connectivity index (χ1v) is 11.9. The van der Waals surface area contributed by atoms with Crippen LogP contribution in [-0.2, 0) is 18.3 Å². The van der Waals surface area contributed by atoms with Crippen molar-refractivity contribution in [2.75, 3.05) is 25.6 Å². The molecular formula is C21H38N4O4S. The minimum Gasteiger partial charge on any atom is -0.396 e. The SMILES string of the molecule is CCCOCCC(C)CC.CCCSc1nc2c([nH]1)c(=O)n(C)c(=O)n2CCCO. The van der Waals surface area contributed by atoms with Crippen molar-refractivity contribution in [1.82, 2.24) is 19.1 Å². The number of nitrogens with one attached hydrogen (secondary N) is 1. The zero-order chi connectivity index (χ0) is 22.5. The number of aliphatic hydroxyl groups excluding tert-OH is 1. The van der Waals surface area contributed by atoms with Crippen LogP contribution >= 0.6 is 11.8 Å². The summed E-state index contributed by atoms with van der Waals surface area (Å²) in [5.41, 5.74) is -0.0793. The second kappa shape index (κ2) is 14.4. The van der Waals surface area contributed by atoms with Crippen LogP contribution in [0.15, 0.2) is 14.7 Å². The predicted octanol–water partition coefficient (Wildman–Crippen LogP) is 3.16. The van der Waals surface area contributed by atoms with Gasteiger partial charge in [0.25, 0.3) is 5.56 Å². The molecule has 2 N–H and O–H groups in total. The lowest BCUT2D eigenvalue weighted by molar-refractivity contribution is 0.122. The quantitative estimate of drug-likeness (QED) is 0.387. The second-order valence-electron chi connectivity index (χ2n) is 7.38. The number of imidazole rings is 1. The standard InChI is InChI=1S/C12H18N4O3S.C9H20O/c1-3-7-20-11-13-8-9(14-11)16(5-4-6-17)12(19)15(2)10(8)18;1-4-7-10-8-6-9(3)5-2/h17H,3-7H2,1-2H3,(H,13,14);9H,4-8H2,1-3H3. The van der Waals surface area contributed by atoms with Crippen LogP contribution in [0.3, 0.4) is 0 Å². The Labute approximate surface area is 183 Å². The second-order valence-corrected chi connectivity index (χ2v) is 8.46. The maximum Gasteiger partial charge on any atom is 0.332 e. The Morgan fingerprint density at radius 1 is 1.20 bits per heavy atom. The van der Waals surface area contributed by atoms with Crippen LogP contribution in [0.1, 0.15) is 59.8 Å². The van der Waals surface area contributed by atoms with E-state index >= 15 is 0 Å². The number of aromatic amines is 1. The highest BCUT2D eigenvalue weighted by molar-refractivity contribution is 7.99. The smallest absolute Gasteiger partial charge is 0.332 e. The number of aromatic nitrogens is 4. The minimum atomic E-state index is -0.408. The van der Waals surface area contributed by atoms with Crippen LogP contribution in [-0.4, -0.2) is 49.8 Å². The molecular weight excluding hydrogens is 404 g/mol. The summed E-state index contributed by atoms with van der Waals surface area (Å²) >= 11 is 1.52. The van der Waals surface area contributed by atoms with Gasteiger partial charge in [-0.2, -0.15) is 0 Å². The minimum absolute atomic E-state index is 0.0152. The molecule has 0 fully saturated rings. The molecule has 9 heteroatoms. The lowest BCUT2D eigenvalue weighted by Crippen LogP contribution is -2.38. The number of hydrogen-bond donors (Lipinski definition) is 2. The Morgan fingerprint density at radius 3 is 2.53 bits per heavy atom. The summed E-state index contributed by atoms with van der Waals surface area (Å²) < 4.78 is 7.85. The molecule has 2 aromatic heterocycles. The van der Waals surface area contributed by atoms with E-state index in [4.69, 9.17) is 9.84 Å². The fourth-order valence-corrected chi connectivity index (χ4v) is 3.37. The molecule has 2 aromatic rings. The summed E-state index contributed by atoms with van der Waals surface area (Å²) in [4.78, 5) is 31.5. The molecule has 172 valence electrons. The van der Waals surface area contributed by atoms with Crippen molar-refractivity contribution in [2.45, 2.75) is 71.5 Å². The van der Waals surface area contributed by atoms with Crippen molar-refractivity contribution in [1.29, 1.82) is 0 Å². The maximum atomic E-state index is 12.1. The number of rotatable bonds is 12. The first kappa shape index (κ1) is 26.5. The number of aliphatic hydroxyl groups is 1. The zero-order valence-electron chi connectivity index (χ0n) is 19.1. The fourth-order valence-electron chi connectivity index (χ4n) is 2.65. The highest BCUT2D eigenvalue weighted by atomic mass is 32.2. The average molecular weight is 443 g/mol. The summed E-state index contributed by atoms with van der Waals surface area (Å²) in [5, 5.41) is 9.56. The molecule has 1 atom stereocenters. The van der Waals surface area contributed by atoms with E-state index in [1.807, 2.05) is 0 Å². The van der Waals surface area contributed by atoms with Crippen molar-refractivity contribution in [2.24, 2.45) is 13.0 Å². The van der Waals surface area contributed by atoms with E-state index in [0.29, 0.717) is 29.3 Å². The first-order chi connectivity index (χ1) is 14.4. The summed E-state index contributed by atoms with van der Waals surface area (Å²) in [7, 11) is 1.44. The van der Waals surface area contributed by atoms with E-state index < -0.39 is 5.69 Å². The molecule has 0 saturated heterocycles. The van der Waals surface area contributed by atoms with Crippen LogP contribution in [0.25, 0.3) is 11.2 Å². The van der Waals surface area contributed by atoms with Crippen molar-refractivity contribution in [3.63, 3.8) is 0 Å². The molecule has 0 aromatic carbocycles. The lowest BCUT2D eigenvalue weighted by atomic mass is 10.1. The molecule has 2 rings (SSSR count). The van der Waals surface area contributed by atoms with Gasteiger partial charge in [-0.25, -0.2) is 9.78 Å². The zero-order valence-corrected chi connectivity index (χ0v) is 19.9. The Morgan fingerprint density at radius 2 is 1.93 bits per heavy atom. The van der Waals surface area contributed by atoms with Gasteiger partial charge in [0.2, 0.25) is 0 Å². The van der Waals surface area contributed by atoms with E-state index in [-0.39, 0.29) is 12.2 Å². The van der Waals surface area contributed by atoms with Gasteiger partial charge < -0.3 is 14.8 Å². The predicted molar refractivity (Wildman–Crippen MR) is 123 cm³/mol. The number of aryl methyl sites for hydroxylation is 1. The first-order valence-electron chi connectivity index (χ1n) is 10.9. The van der Waals surface area contributed by atoms with Gasteiger partial charge in [-0.1, -0.05) is 45.9 Å². The maximum absolute atomic E-state index is 12.1. The van der Waals surface area contributed by atoms with E-state index in [1.54, 1.807) is 0 Å². The number of thioether (sulfide) groups is 1. The Balaban J connectivity index is 0.000000382. The third kappa shape index (κ3) is 7.92. The highest BCUT2D eigenvalue weighted by Crippen LogP contribution is 2.17. The monoisotopic (exact) mass is 442 g/mol. The molecule has 0 aliphatic rings. The van der Waals surface area contributed by atoms with Crippen molar-refractivity contribution >= 4 is 22.9 Å². The number of nitrogens with zero attached hydrogens (tertiary/aromatic N) is 3. The van der Waals surface area contributed by atoms with Gasteiger partial charge in [-0.3, -0.25) is 13.9 Å². The normalized spacial score (nSPS) is 12.1. The molecule has 1 unspecified atom stereocenters. The topological polar surface area (TPSA) is 102 Å². The van der Waals surface area contributed by atoms with E-state index in [1.165, 1.54) is 36.2 Å². The largest absolute Gasteiger partial charge is 0.396 e. The van der Waals surface area contributed by atoms with Gasteiger partial charge in [0.05, 0.1) is 0 Å². The van der Waals surface area contributed by atoms with Gasteiger partial charge in [0, 0.05) is 39.2 Å². The summed E-state index contributed by atoms with van der Waals surface area (Å²) in [5.74, 6) is 1.72. The molecule has 0 aliphatic carbocycles. The number of ether oxygens (including phenoxy) is 1. The fraction of sp³-hybridized carbons (Fsp3) is 0.762. The average Bonchev–Trinajstić information content (AvgIpc) is 3.18. The Kier molecular flexibility index (Phi) is 12.7. The number of H-pyrrole nitrogens is 1. The molecule has 0 radical (unpaired) electrons. The molecule has 2 heterocycles. The summed E-state index contributed by atoms with van der Waals surface area (Å²) in [6.45, 7) is 10.9. The molecule has 0 bridgehead atoms. The van der Waals surface area contributed by atoms with Crippen LogP contribution in [0, 0.1) is 5.92 Å². The molecule has 30 heavy (non-hydrogen) atoms. The van der Waals surface area contributed by atoms with Gasteiger partial charge in [-0.15, -0.1) is 0 Å². The van der Waals surface area contributed by atoms with E-state index in [2.05, 4.69) is 37.7 Å². The van der Waals surface area contributed by atoms with Crippen molar-refractivity contribution in [3.05, 3.63) is 20.8 Å². The van der Waals surface area contributed by atoms with Crippen LogP contribution in [0.2, 0.25) is 0 Å². The Bertz CT molecular complexity index is 859. The van der Waals surface area contributed by atoms with Crippen molar-refractivity contribution < 1.29 is 9.84 Å². The van der Waals surface area contributed by atoms with E-state index in [0.717, 1.165) is 42.3 Å². The van der Waals surface area contributed by atoms with Gasteiger partial charge >= 0.3 is 5.69 Å². The van der Waals surface area contributed by atoms with E-state index in [9.17, 15) is 9.59 Å². The van der Waals surface area contributed by atoms with Crippen LogP contribution in [0.5, 0.6) is 0 Å². The van der Waals surface area contributed by atoms with Crippen molar-refractivity contribution in [3.8, 4) is 0 Å². The Hall–Kier alpha value is -1.58. The molecule has 8 nitrogen and oxygen atoms in total. The third-order valence-corrected chi connectivity index (χ3v) is 5.82. The molecule has 0 spiro atoms. The third-order valence-electron chi connectivity index (χ3n) is 4.74. The number of fused-ring (bicyclic) bond motifs is 1. The highest BCUT2D eigenvalue weighted by Gasteiger charge is 2.15. The van der Waals surface area contributed by atoms with Gasteiger partial charge in [0.15, 0.2) is 16.3 Å². The lowest BCUT2D eigenvalue weighted by Gasteiger charge is -2.07. The molecule has 0 amide bonds. The van der Waals surface area contributed by atoms with Crippen LogP contribution in [0.4, 0.5) is 0 Å².